The van der Waals surface area contributed by atoms with Gasteiger partial charge in [-0.1, -0.05) is 44.7 Å². The molecule has 20 heavy (non-hydrogen) atoms. The number of benzene rings is 1. The highest BCUT2D eigenvalue weighted by atomic mass is 16.5. The van der Waals surface area contributed by atoms with Crippen molar-refractivity contribution in [2.24, 2.45) is 0 Å². The van der Waals surface area contributed by atoms with Crippen molar-refractivity contribution in [2.45, 2.75) is 26.2 Å². The lowest BCUT2D eigenvalue weighted by Crippen LogP contribution is -2.02. The molecular weight excluding hydrogens is 248 g/mol. The highest BCUT2D eigenvalue weighted by Gasteiger charge is 1.97. The average molecular weight is 272 g/mol. The fourth-order valence-corrected chi connectivity index (χ4v) is 1.81. The number of rotatable bonds is 10. The zero-order valence-corrected chi connectivity index (χ0v) is 12.3. The molecule has 0 bridgehead atoms. The Morgan fingerprint density at radius 1 is 1.25 bits per heavy atom. The predicted octanol–water partition coefficient (Wildman–Crippen LogP) is 4.68. The van der Waals surface area contributed by atoms with Crippen LogP contribution in [0.15, 0.2) is 61.4 Å². The summed E-state index contributed by atoms with van der Waals surface area (Å²) >= 11 is 0. The van der Waals surface area contributed by atoms with Gasteiger partial charge in [-0.3, -0.25) is 0 Å². The first kappa shape index (κ1) is 16.1. The van der Waals surface area contributed by atoms with Gasteiger partial charge >= 0.3 is 0 Å². The molecule has 1 aromatic carbocycles. The van der Waals surface area contributed by atoms with Crippen molar-refractivity contribution in [1.82, 2.24) is 0 Å². The molecule has 0 aliphatic carbocycles. The highest BCUT2D eigenvalue weighted by molar-refractivity contribution is 5.28. The molecule has 0 radical (unpaired) electrons. The maximum atomic E-state index is 5.72. The molecular formula is C18H24O2. The Balaban J connectivity index is 2.27. The fourth-order valence-electron chi connectivity index (χ4n) is 1.81. The van der Waals surface area contributed by atoms with Crippen LogP contribution in [-0.4, -0.2) is 13.2 Å². The normalized spacial score (nSPS) is 10.9. The van der Waals surface area contributed by atoms with E-state index in [1.165, 1.54) is 5.56 Å². The van der Waals surface area contributed by atoms with Crippen LogP contribution in [0.5, 0.6) is 5.75 Å². The van der Waals surface area contributed by atoms with Crippen molar-refractivity contribution in [1.29, 1.82) is 0 Å². The van der Waals surface area contributed by atoms with Gasteiger partial charge in [0.2, 0.25) is 0 Å². The summed E-state index contributed by atoms with van der Waals surface area (Å²) in [7, 11) is 0. The number of aryl methyl sites for hydroxylation is 1. The van der Waals surface area contributed by atoms with Crippen molar-refractivity contribution in [2.75, 3.05) is 13.2 Å². The second kappa shape index (κ2) is 9.90. The molecule has 0 aliphatic heterocycles. The summed E-state index contributed by atoms with van der Waals surface area (Å²) in [4.78, 5) is 0. The summed E-state index contributed by atoms with van der Waals surface area (Å²) in [6.07, 6.45) is 8.23. The molecule has 0 N–H and O–H groups in total. The Morgan fingerprint density at radius 3 is 2.80 bits per heavy atom. The van der Waals surface area contributed by atoms with Crippen LogP contribution in [-0.2, 0) is 11.2 Å². The first-order valence-electron chi connectivity index (χ1n) is 7.09. The molecule has 0 spiro atoms. The van der Waals surface area contributed by atoms with Gasteiger partial charge in [0.1, 0.15) is 11.5 Å². The predicted molar refractivity (Wildman–Crippen MR) is 85.0 cm³/mol. The first-order chi connectivity index (χ1) is 9.80. The Hall–Kier alpha value is -1.96. The van der Waals surface area contributed by atoms with E-state index < -0.39 is 0 Å². The van der Waals surface area contributed by atoms with Crippen molar-refractivity contribution >= 4 is 0 Å². The Bertz CT molecular complexity index is 446. The van der Waals surface area contributed by atoms with E-state index in [0.29, 0.717) is 13.2 Å². The largest absolute Gasteiger partial charge is 0.493 e. The van der Waals surface area contributed by atoms with E-state index in [9.17, 15) is 0 Å². The number of allylic oxidation sites excluding steroid dienone is 3. The minimum atomic E-state index is 0.611. The molecule has 0 aliphatic rings. The average Bonchev–Trinajstić information content (AvgIpc) is 2.46. The van der Waals surface area contributed by atoms with E-state index in [1.54, 1.807) is 18.2 Å². The van der Waals surface area contributed by atoms with Gasteiger partial charge in [-0.15, -0.1) is 0 Å². The summed E-state index contributed by atoms with van der Waals surface area (Å²) in [5.41, 5.74) is 1.32. The van der Waals surface area contributed by atoms with Crippen LogP contribution in [0.4, 0.5) is 0 Å². The van der Waals surface area contributed by atoms with Crippen LogP contribution in [0.3, 0.4) is 0 Å². The van der Waals surface area contributed by atoms with Gasteiger partial charge in [-0.05, 0) is 36.3 Å². The second-order valence-corrected chi connectivity index (χ2v) is 4.46. The van der Waals surface area contributed by atoms with Gasteiger partial charge in [0.05, 0.1) is 13.2 Å². The first-order valence-corrected chi connectivity index (χ1v) is 7.09. The lowest BCUT2D eigenvalue weighted by molar-refractivity contribution is 0.192. The van der Waals surface area contributed by atoms with Gasteiger partial charge in [-0.25, -0.2) is 0 Å². The smallest absolute Gasteiger partial charge is 0.119 e. The van der Waals surface area contributed by atoms with Gasteiger partial charge in [0, 0.05) is 6.42 Å². The van der Waals surface area contributed by atoms with E-state index in [0.717, 1.165) is 30.8 Å². The summed E-state index contributed by atoms with van der Waals surface area (Å²) in [5, 5.41) is 0. The summed E-state index contributed by atoms with van der Waals surface area (Å²) in [5.74, 6) is 1.67. The molecule has 2 heteroatoms. The standard InChI is InChI=1S/C18H24O2/c1-4-9-16-11-7-12-18(15-16)20-14-8-13-19-17(6-3)10-5-2/h5-7,10-12,15H,2-4,8-9,13-14H2,1H3/b17-10+. The molecule has 1 rings (SSSR count). The second-order valence-electron chi connectivity index (χ2n) is 4.46. The molecule has 0 saturated heterocycles. The number of ether oxygens (including phenoxy) is 2. The van der Waals surface area contributed by atoms with E-state index >= 15 is 0 Å². The van der Waals surface area contributed by atoms with Crippen LogP contribution < -0.4 is 4.74 Å². The van der Waals surface area contributed by atoms with E-state index in [2.05, 4.69) is 32.2 Å². The van der Waals surface area contributed by atoms with Crippen LogP contribution in [0.25, 0.3) is 0 Å². The van der Waals surface area contributed by atoms with Crippen LogP contribution >= 0.6 is 0 Å². The minimum Gasteiger partial charge on any atom is -0.493 e. The van der Waals surface area contributed by atoms with Gasteiger partial charge < -0.3 is 9.47 Å². The van der Waals surface area contributed by atoms with E-state index in [4.69, 9.17) is 9.47 Å². The number of hydrogen-bond acceptors (Lipinski definition) is 2. The zero-order chi connectivity index (χ0) is 14.6. The third-order valence-electron chi connectivity index (χ3n) is 2.75. The van der Waals surface area contributed by atoms with Crippen molar-refractivity contribution in [3.8, 4) is 5.75 Å². The molecule has 0 saturated carbocycles. The highest BCUT2D eigenvalue weighted by Crippen LogP contribution is 2.14. The molecule has 0 heterocycles. The Morgan fingerprint density at radius 2 is 2.10 bits per heavy atom. The maximum absolute atomic E-state index is 5.72. The summed E-state index contributed by atoms with van der Waals surface area (Å²) < 4.78 is 11.2. The lowest BCUT2D eigenvalue weighted by Gasteiger charge is -2.09. The van der Waals surface area contributed by atoms with Gasteiger partial charge in [0.25, 0.3) is 0 Å². The summed E-state index contributed by atoms with van der Waals surface area (Å²) in [6, 6.07) is 8.28. The molecule has 0 unspecified atom stereocenters. The Kier molecular flexibility index (Phi) is 7.97. The molecule has 0 aromatic heterocycles. The Labute approximate surface area is 122 Å². The third-order valence-corrected chi connectivity index (χ3v) is 2.75. The number of hydrogen-bond donors (Lipinski definition) is 0. The van der Waals surface area contributed by atoms with E-state index in [1.807, 2.05) is 12.1 Å². The van der Waals surface area contributed by atoms with Crippen molar-refractivity contribution in [3.05, 3.63) is 67.0 Å². The molecule has 108 valence electrons. The van der Waals surface area contributed by atoms with Crippen LogP contribution in [0, 0.1) is 0 Å². The molecule has 0 amide bonds. The van der Waals surface area contributed by atoms with Crippen LogP contribution in [0.2, 0.25) is 0 Å². The van der Waals surface area contributed by atoms with Gasteiger partial charge in [-0.2, -0.15) is 0 Å². The quantitative estimate of drug-likeness (QED) is 0.350. The third kappa shape index (κ3) is 6.28. The van der Waals surface area contributed by atoms with Gasteiger partial charge in [0.15, 0.2) is 0 Å². The molecule has 0 atom stereocenters. The van der Waals surface area contributed by atoms with Crippen molar-refractivity contribution < 1.29 is 9.47 Å². The SMILES string of the molecule is C=C/C=C(\C=C)OCCCOc1cccc(CCC)c1. The van der Waals surface area contributed by atoms with E-state index in [-0.39, 0.29) is 0 Å². The lowest BCUT2D eigenvalue weighted by atomic mass is 10.1. The molecule has 0 fully saturated rings. The van der Waals surface area contributed by atoms with Crippen molar-refractivity contribution in [3.63, 3.8) is 0 Å². The fraction of sp³-hybridized carbons (Fsp3) is 0.333. The maximum Gasteiger partial charge on any atom is 0.119 e. The van der Waals surface area contributed by atoms with Crippen LogP contribution in [0.1, 0.15) is 25.3 Å². The summed E-state index contributed by atoms with van der Waals surface area (Å²) in [6.45, 7) is 10.7. The minimum absolute atomic E-state index is 0.611. The monoisotopic (exact) mass is 272 g/mol. The molecule has 2 nitrogen and oxygen atoms in total. The topological polar surface area (TPSA) is 18.5 Å². The zero-order valence-electron chi connectivity index (χ0n) is 12.3. The molecule has 1 aromatic rings.